The molecule has 122 valence electrons. The first-order valence-electron chi connectivity index (χ1n) is 7.45. The zero-order valence-electron chi connectivity index (χ0n) is 13.0. The Kier molecular flexibility index (Phi) is 4.83. The number of thiocarbonyl (C=S) groups is 1. The third kappa shape index (κ3) is 3.58. The van der Waals surface area contributed by atoms with E-state index in [1.54, 1.807) is 6.07 Å². The van der Waals surface area contributed by atoms with E-state index in [0.29, 0.717) is 15.7 Å². The standard InChI is InChI=1S/C18H16ClN3OS/c1-11-15(17(23)21-14-8-3-2-4-9-14)16(22-18(24)20-11)12-6-5-7-13(19)10-12/h2-10,16H,1H3,(H,21,23)(H2,20,22,24)/t16-/m0/s1. The number of para-hydroxylation sites is 1. The third-order valence-electron chi connectivity index (χ3n) is 3.73. The lowest BCUT2D eigenvalue weighted by Crippen LogP contribution is -2.45. The van der Waals surface area contributed by atoms with Crippen molar-refractivity contribution in [3.8, 4) is 0 Å². The molecule has 0 saturated heterocycles. The fraction of sp³-hybridized carbons (Fsp3) is 0.111. The van der Waals surface area contributed by atoms with Crippen molar-refractivity contribution in [2.24, 2.45) is 0 Å². The average Bonchev–Trinajstić information content (AvgIpc) is 2.55. The van der Waals surface area contributed by atoms with Crippen LogP contribution in [0.2, 0.25) is 5.02 Å². The van der Waals surface area contributed by atoms with Gasteiger partial charge in [0.25, 0.3) is 5.91 Å². The number of halogens is 1. The topological polar surface area (TPSA) is 53.2 Å². The van der Waals surface area contributed by atoms with E-state index in [0.717, 1.165) is 16.9 Å². The summed E-state index contributed by atoms with van der Waals surface area (Å²) < 4.78 is 0. The highest BCUT2D eigenvalue weighted by Crippen LogP contribution is 2.29. The van der Waals surface area contributed by atoms with Crippen LogP contribution in [0.3, 0.4) is 0 Å². The van der Waals surface area contributed by atoms with Gasteiger partial charge < -0.3 is 16.0 Å². The first kappa shape index (κ1) is 16.5. The van der Waals surface area contributed by atoms with Crippen LogP contribution in [-0.4, -0.2) is 11.0 Å². The van der Waals surface area contributed by atoms with Gasteiger partial charge >= 0.3 is 0 Å². The molecular weight excluding hydrogens is 342 g/mol. The second-order valence-electron chi connectivity index (χ2n) is 5.45. The minimum Gasteiger partial charge on any atom is -0.351 e. The predicted octanol–water partition coefficient (Wildman–Crippen LogP) is 3.77. The summed E-state index contributed by atoms with van der Waals surface area (Å²) in [6, 6.07) is 16.4. The molecule has 6 heteroatoms. The molecule has 0 aromatic heterocycles. The molecule has 1 atom stereocenters. The van der Waals surface area contributed by atoms with E-state index in [-0.39, 0.29) is 11.9 Å². The summed E-state index contributed by atoms with van der Waals surface area (Å²) in [5.74, 6) is -0.189. The fourth-order valence-corrected chi connectivity index (χ4v) is 3.12. The number of benzene rings is 2. The minimum atomic E-state index is -0.360. The SMILES string of the molecule is CC1=C(C(=O)Nc2ccccc2)[C@H](c2cccc(Cl)c2)NC(=S)N1. The van der Waals surface area contributed by atoms with E-state index in [2.05, 4.69) is 16.0 Å². The fourth-order valence-electron chi connectivity index (χ4n) is 2.65. The normalized spacial score (nSPS) is 17.1. The molecule has 4 nitrogen and oxygen atoms in total. The molecule has 0 saturated carbocycles. The summed E-state index contributed by atoms with van der Waals surface area (Å²) in [6.07, 6.45) is 0. The highest BCUT2D eigenvalue weighted by Gasteiger charge is 2.29. The zero-order valence-corrected chi connectivity index (χ0v) is 14.5. The van der Waals surface area contributed by atoms with Gasteiger partial charge in [-0.3, -0.25) is 4.79 Å². The van der Waals surface area contributed by atoms with Gasteiger partial charge in [-0.25, -0.2) is 0 Å². The molecule has 1 aliphatic heterocycles. The summed E-state index contributed by atoms with van der Waals surface area (Å²) in [5, 5.41) is 10.2. The quantitative estimate of drug-likeness (QED) is 0.732. The molecule has 0 unspecified atom stereocenters. The van der Waals surface area contributed by atoms with Crippen molar-refractivity contribution < 1.29 is 4.79 Å². The van der Waals surface area contributed by atoms with Crippen molar-refractivity contribution in [2.75, 3.05) is 5.32 Å². The molecule has 1 aliphatic rings. The number of allylic oxidation sites excluding steroid dienone is 1. The number of carbonyl (C=O) groups is 1. The Morgan fingerprint density at radius 1 is 1.17 bits per heavy atom. The van der Waals surface area contributed by atoms with Gasteiger partial charge in [0.1, 0.15) is 0 Å². The molecule has 2 aromatic carbocycles. The maximum Gasteiger partial charge on any atom is 0.255 e. The molecule has 3 N–H and O–H groups in total. The van der Waals surface area contributed by atoms with E-state index >= 15 is 0 Å². The van der Waals surface area contributed by atoms with Crippen LogP contribution in [-0.2, 0) is 4.79 Å². The number of anilines is 1. The number of carbonyl (C=O) groups excluding carboxylic acids is 1. The van der Waals surface area contributed by atoms with E-state index in [1.807, 2.05) is 55.5 Å². The van der Waals surface area contributed by atoms with Crippen LogP contribution in [0.1, 0.15) is 18.5 Å². The van der Waals surface area contributed by atoms with E-state index in [4.69, 9.17) is 23.8 Å². The summed E-state index contributed by atoms with van der Waals surface area (Å²) in [4.78, 5) is 12.8. The molecule has 1 amide bonds. The largest absolute Gasteiger partial charge is 0.351 e. The van der Waals surface area contributed by atoms with E-state index in [1.165, 1.54) is 0 Å². The second-order valence-corrected chi connectivity index (χ2v) is 6.29. The monoisotopic (exact) mass is 357 g/mol. The van der Waals surface area contributed by atoms with E-state index < -0.39 is 0 Å². The van der Waals surface area contributed by atoms with Gasteiger partial charge in [-0.1, -0.05) is 41.9 Å². The summed E-state index contributed by atoms with van der Waals surface area (Å²) >= 11 is 11.3. The van der Waals surface area contributed by atoms with Gasteiger partial charge in [0.15, 0.2) is 5.11 Å². The Morgan fingerprint density at radius 2 is 1.92 bits per heavy atom. The van der Waals surface area contributed by atoms with Gasteiger partial charge in [-0.2, -0.15) is 0 Å². The summed E-state index contributed by atoms with van der Waals surface area (Å²) in [5.41, 5.74) is 2.91. The number of hydrogen-bond acceptors (Lipinski definition) is 2. The summed E-state index contributed by atoms with van der Waals surface area (Å²) in [6.45, 7) is 1.84. The van der Waals surface area contributed by atoms with Crippen LogP contribution in [0.5, 0.6) is 0 Å². The zero-order chi connectivity index (χ0) is 17.1. The molecule has 0 bridgehead atoms. The van der Waals surface area contributed by atoms with Gasteiger partial charge in [0, 0.05) is 16.4 Å². The van der Waals surface area contributed by atoms with Crippen molar-refractivity contribution in [3.05, 3.63) is 76.5 Å². The highest BCUT2D eigenvalue weighted by molar-refractivity contribution is 7.80. The molecule has 0 aliphatic carbocycles. The van der Waals surface area contributed by atoms with Gasteiger partial charge in [0.2, 0.25) is 0 Å². The van der Waals surface area contributed by atoms with Crippen LogP contribution in [0.25, 0.3) is 0 Å². The number of amides is 1. The first-order valence-corrected chi connectivity index (χ1v) is 8.23. The molecule has 3 rings (SSSR count). The Labute approximate surface area is 150 Å². The summed E-state index contributed by atoms with van der Waals surface area (Å²) in [7, 11) is 0. The Balaban J connectivity index is 1.96. The van der Waals surface area contributed by atoms with Crippen molar-refractivity contribution in [1.29, 1.82) is 0 Å². The van der Waals surface area contributed by atoms with E-state index in [9.17, 15) is 4.79 Å². The lowest BCUT2D eigenvalue weighted by molar-refractivity contribution is -0.113. The highest BCUT2D eigenvalue weighted by atomic mass is 35.5. The number of rotatable bonds is 3. The smallest absolute Gasteiger partial charge is 0.255 e. The predicted molar refractivity (Wildman–Crippen MR) is 101 cm³/mol. The molecule has 0 spiro atoms. The molecule has 0 radical (unpaired) electrons. The average molecular weight is 358 g/mol. The van der Waals surface area contributed by atoms with Crippen molar-refractivity contribution in [2.45, 2.75) is 13.0 Å². The number of hydrogen-bond donors (Lipinski definition) is 3. The molecule has 24 heavy (non-hydrogen) atoms. The van der Waals surface area contributed by atoms with Crippen LogP contribution in [0.4, 0.5) is 5.69 Å². The molecular formula is C18H16ClN3OS. The maximum absolute atomic E-state index is 12.8. The van der Waals surface area contributed by atoms with Gasteiger partial charge in [-0.05, 0) is 49.0 Å². The molecule has 2 aromatic rings. The minimum absolute atomic E-state index is 0.189. The lowest BCUT2D eigenvalue weighted by Gasteiger charge is -2.30. The van der Waals surface area contributed by atoms with Crippen LogP contribution < -0.4 is 16.0 Å². The third-order valence-corrected chi connectivity index (χ3v) is 4.18. The second kappa shape index (κ2) is 7.03. The molecule has 0 fully saturated rings. The van der Waals surface area contributed by atoms with Crippen molar-refractivity contribution >= 4 is 40.5 Å². The Bertz CT molecular complexity index is 820. The molecule has 1 heterocycles. The maximum atomic E-state index is 12.8. The van der Waals surface area contributed by atoms with Crippen LogP contribution in [0, 0.1) is 0 Å². The van der Waals surface area contributed by atoms with Crippen molar-refractivity contribution in [3.63, 3.8) is 0 Å². The Morgan fingerprint density at radius 3 is 2.62 bits per heavy atom. The first-order chi connectivity index (χ1) is 11.5. The van der Waals surface area contributed by atoms with Gasteiger partial charge in [0.05, 0.1) is 11.6 Å². The van der Waals surface area contributed by atoms with Crippen molar-refractivity contribution in [1.82, 2.24) is 10.6 Å². The lowest BCUT2D eigenvalue weighted by atomic mass is 9.95. The number of nitrogens with one attached hydrogen (secondary N) is 3. The van der Waals surface area contributed by atoms with Gasteiger partial charge in [-0.15, -0.1) is 0 Å². The van der Waals surface area contributed by atoms with Crippen LogP contribution >= 0.6 is 23.8 Å². The van der Waals surface area contributed by atoms with Crippen LogP contribution in [0.15, 0.2) is 65.9 Å². The Hall–Kier alpha value is -2.37.